The van der Waals surface area contributed by atoms with Crippen molar-refractivity contribution < 1.29 is 19.4 Å². The summed E-state index contributed by atoms with van der Waals surface area (Å²) in [6.07, 6.45) is 11.6. The fourth-order valence-corrected chi connectivity index (χ4v) is 9.95. The highest BCUT2D eigenvalue weighted by atomic mass is 16.5. The Balaban J connectivity index is 1.23. The van der Waals surface area contributed by atoms with Crippen molar-refractivity contribution in [2.45, 2.75) is 83.8 Å². The van der Waals surface area contributed by atoms with E-state index < -0.39 is 5.60 Å². The lowest BCUT2D eigenvalue weighted by atomic mass is 9.43. The van der Waals surface area contributed by atoms with Gasteiger partial charge in [0.1, 0.15) is 12.3 Å². The number of ketones is 1. The maximum atomic E-state index is 13.9. The number of carbonyl (C=O) groups excluding carboxylic acids is 1. The highest BCUT2D eigenvalue weighted by Crippen LogP contribution is 2.68. The van der Waals surface area contributed by atoms with E-state index in [9.17, 15) is 9.90 Å². The second kappa shape index (κ2) is 9.08. The lowest BCUT2D eigenvalue weighted by Gasteiger charge is -2.62. The average molecular weight is 509 g/mol. The molecule has 37 heavy (non-hydrogen) atoms. The Morgan fingerprint density at radius 3 is 2.70 bits per heavy atom. The lowest BCUT2D eigenvalue weighted by Crippen LogP contribution is -2.58. The zero-order valence-corrected chi connectivity index (χ0v) is 23.0. The molecule has 1 aromatic carbocycles. The molecule has 1 heterocycles. The third-order valence-electron chi connectivity index (χ3n) is 11.6. The first-order valence-corrected chi connectivity index (χ1v) is 14.4. The van der Waals surface area contributed by atoms with Crippen LogP contribution in [0.3, 0.4) is 0 Å². The lowest BCUT2D eigenvalue weighted by molar-refractivity contribution is -0.175. The largest absolute Gasteiger partial charge is 0.496 e. The van der Waals surface area contributed by atoms with Crippen molar-refractivity contribution in [1.29, 1.82) is 0 Å². The molecule has 6 nitrogen and oxygen atoms in total. The molecule has 0 saturated heterocycles. The quantitative estimate of drug-likeness (QED) is 0.546. The molecule has 1 unspecified atom stereocenters. The first-order chi connectivity index (χ1) is 17.7. The minimum Gasteiger partial charge on any atom is -0.496 e. The topological polar surface area (TPSA) is 73.6 Å². The number of aliphatic hydroxyl groups is 1. The van der Waals surface area contributed by atoms with Gasteiger partial charge in [-0.2, -0.15) is 5.10 Å². The van der Waals surface area contributed by atoms with Gasteiger partial charge < -0.3 is 14.6 Å². The van der Waals surface area contributed by atoms with Crippen molar-refractivity contribution in [1.82, 2.24) is 9.78 Å². The fourth-order valence-electron chi connectivity index (χ4n) is 9.95. The second-order valence-electron chi connectivity index (χ2n) is 13.4. The molecular formula is C31H44N2O4. The highest BCUT2D eigenvalue weighted by molar-refractivity contribution is 5.88. The molecule has 4 aliphatic carbocycles. The zero-order valence-electron chi connectivity index (χ0n) is 23.0. The van der Waals surface area contributed by atoms with E-state index in [4.69, 9.17) is 9.47 Å². The van der Waals surface area contributed by atoms with Crippen molar-refractivity contribution in [2.24, 2.45) is 40.4 Å². The Labute approximate surface area is 221 Å². The third kappa shape index (κ3) is 3.88. The molecule has 1 N–H and O–H groups in total. The normalized spacial score (nSPS) is 41.2. The van der Waals surface area contributed by atoms with Crippen LogP contribution in [-0.2, 0) is 16.1 Å². The van der Waals surface area contributed by atoms with Crippen molar-refractivity contribution >= 4 is 16.7 Å². The van der Waals surface area contributed by atoms with Gasteiger partial charge in [0.2, 0.25) is 0 Å². The number of nitrogens with zero attached hydrogens (tertiary/aromatic N) is 2. The molecule has 2 aromatic rings. The predicted molar refractivity (Wildman–Crippen MR) is 143 cm³/mol. The second-order valence-corrected chi connectivity index (χ2v) is 13.4. The van der Waals surface area contributed by atoms with Crippen LogP contribution in [0.4, 0.5) is 0 Å². The summed E-state index contributed by atoms with van der Waals surface area (Å²) in [5.41, 5.74) is 0.684. The Morgan fingerprint density at radius 1 is 1.08 bits per heavy atom. The van der Waals surface area contributed by atoms with Crippen LogP contribution in [-0.4, -0.2) is 47.1 Å². The number of rotatable bonds is 6. The maximum absolute atomic E-state index is 13.9. The summed E-state index contributed by atoms with van der Waals surface area (Å²) in [4.78, 5) is 13.9. The fraction of sp³-hybridized carbons (Fsp3) is 0.742. The van der Waals surface area contributed by atoms with E-state index in [1.165, 1.54) is 19.3 Å². The Hall–Kier alpha value is -1.92. The van der Waals surface area contributed by atoms with Gasteiger partial charge in [0, 0.05) is 13.0 Å². The number of carbonyl (C=O) groups is 1. The minimum atomic E-state index is -0.538. The summed E-state index contributed by atoms with van der Waals surface area (Å²) < 4.78 is 13.3. The monoisotopic (exact) mass is 508 g/mol. The van der Waals surface area contributed by atoms with Gasteiger partial charge in [-0.15, -0.1) is 0 Å². The van der Waals surface area contributed by atoms with Crippen LogP contribution in [0.25, 0.3) is 10.9 Å². The molecular weight excluding hydrogens is 464 g/mol. The van der Waals surface area contributed by atoms with Crippen LogP contribution in [0.15, 0.2) is 24.4 Å². The number of methoxy groups -OCH3 is 2. The van der Waals surface area contributed by atoms with Gasteiger partial charge in [-0.1, -0.05) is 13.0 Å². The molecule has 4 aliphatic rings. The molecule has 0 amide bonds. The molecule has 4 saturated carbocycles. The smallest absolute Gasteiger partial charge is 0.157 e. The minimum absolute atomic E-state index is 0.0696. The zero-order chi connectivity index (χ0) is 26.0. The van der Waals surface area contributed by atoms with Crippen LogP contribution < -0.4 is 4.74 Å². The summed E-state index contributed by atoms with van der Waals surface area (Å²) in [6.45, 7) is 5.60. The summed E-state index contributed by atoms with van der Waals surface area (Å²) >= 11 is 0. The Kier molecular flexibility index (Phi) is 6.23. The predicted octanol–water partition coefficient (Wildman–Crippen LogP) is 5.65. The summed E-state index contributed by atoms with van der Waals surface area (Å²) in [7, 11) is 3.53. The maximum Gasteiger partial charge on any atom is 0.157 e. The van der Waals surface area contributed by atoms with Gasteiger partial charge in [0.05, 0.1) is 36.4 Å². The number of fused-ring (bicyclic) bond motifs is 6. The van der Waals surface area contributed by atoms with Crippen LogP contribution in [0.2, 0.25) is 0 Å². The highest BCUT2D eigenvalue weighted by Gasteiger charge is 2.63. The number of ether oxygens (including phenoxy) is 2. The van der Waals surface area contributed by atoms with E-state index in [2.05, 4.69) is 12.0 Å². The third-order valence-corrected chi connectivity index (χ3v) is 11.6. The molecule has 0 spiro atoms. The summed E-state index contributed by atoms with van der Waals surface area (Å²) in [5, 5.41) is 16.4. The SMILES string of the molecule is COC[C@]12CC[C@@](C)(O)C[C@@H]1CC[C@H]1[C@@H]3CC[C@H](C(=O)Cn4ncc5c(OC)cccc54)C3(C)CC[C@@H]12. The summed E-state index contributed by atoms with van der Waals surface area (Å²) in [5.74, 6) is 3.71. The van der Waals surface area contributed by atoms with Gasteiger partial charge in [0.25, 0.3) is 0 Å². The van der Waals surface area contributed by atoms with Gasteiger partial charge in [0.15, 0.2) is 5.78 Å². The molecule has 202 valence electrons. The average Bonchev–Trinajstić information content (AvgIpc) is 3.44. The number of hydrogen-bond donors (Lipinski definition) is 1. The molecule has 0 bridgehead atoms. The van der Waals surface area contributed by atoms with Crippen LogP contribution in [0, 0.1) is 40.4 Å². The number of aromatic nitrogens is 2. The number of Topliss-reactive ketones (excluding diaryl/α,β-unsaturated/α-hetero) is 1. The van der Waals surface area contributed by atoms with Crippen LogP contribution in [0.1, 0.15) is 71.6 Å². The standard InChI is InChI=1S/C31H44N2O4/c1-29(35)14-15-31(19-36-3)20(16-29)8-9-21-23-10-11-25(30(23,2)13-12-24(21)31)27(34)18-33-26-6-5-7-28(37-4)22(26)17-32-33/h5-7,17,20-21,23-25,35H,8-16,18-19H2,1-4H3/t20-,21-,23-,24-,25+,29+,30?,31+/m0/s1. The van der Waals surface area contributed by atoms with Crippen molar-refractivity contribution in [3.05, 3.63) is 24.4 Å². The van der Waals surface area contributed by atoms with Gasteiger partial charge in [-0.25, -0.2) is 0 Å². The van der Waals surface area contributed by atoms with Crippen LogP contribution >= 0.6 is 0 Å². The van der Waals surface area contributed by atoms with Crippen molar-refractivity contribution in [3.8, 4) is 5.75 Å². The first-order valence-electron chi connectivity index (χ1n) is 14.4. The molecule has 8 atom stereocenters. The number of hydrogen-bond acceptors (Lipinski definition) is 5. The van der Waals surface area contributed by atoms with Crippen molar-refractivity contribution in [3.63, 3.8) is 0 Å². The molecule has 0 radical (unpaired) electrons. The van der Waals surface area contributed by atoms with E-state index >= 15 is 0 Å². The summed E-state index contributed by atoms with van der Waals surface area (Å²) in [6, 6.07) is 5.93. The van der Waals surface area contributed by atoms with E-state index in [0.29, 0.717) is 36.0 Å². The first kappa shape index (κ1) is 25.4. The molecule has 1 aromatic heterocycles. The molecule has 4 fully saturated rings. The van der Waals surface area contributed by atoms with Gasteiger partial charge in [-0.05, 0) is 111 Å². The Bertz CT molecular complexity index is 1170. The van der Waals surface area contributed by atoms with E-state index in [1.54, 1.807) is 7.11 Å². The van der Waals surface area contributed by atoms with Gasteiger partial charge in [-0.3, -0.25) is 9.48 Å². The van der Waals surface area contributed by atoms with Crippen molar-refractivity contribution in [2.75, 3.05) is 20.8 Å². The molecule has 0 aliphatic heterocycles. The van der Waals surface area contributed by atoms with Gasteiger partial charge >= 0.3 is 0 Å². The van der Waals surface area contributed by atoms with Crippen LogP contribution in [0.5, 0.6) is 5.75 Å². The molecule has 6 rings (SSSR count). The number of benzene rings is 1. The Morgan fingerprint density at radius 2 is 1.92 bits per heavy atom. The van der Waals surface area contributed by atoms with E-state index in [-0.39, 0.29) is 16.7 Å². The van der Waals surface area contributed by atoms with E-state index in [1.807, 2.05) is 43.1 Å². The van der Waals surface area contributed by atoms with E-state index in [0.717, 1.165) is 61.8 Å². The molecule has 6 heteroatoms.